The number of nitrogens with one attached hydrogen (secondary N) is 1. The molecule has 11 heteroatoms. The Morgan fingerprint density at radius 3 is 2.38 bits per heavy atom. The van der Waals surface area contributed by atoms with Crippen molar-refractivity contribution in [1.82, 2.24) is 15.4 Å². The minimum Gasteiger partial charge on any atom is -0.497 e. The van der Waals surface area contributed by atoms with E-state index in [9.17, 15) is 22.8 Å². The van der Waals surface area contributed by atoms with E-state index < -0.39 is 34.8 Å². The van der Waals surface area contributed by atoms with Gasteiger partial charge in [0, 0.05) is 6.20 Å². The first-order valence-corrected chi connectivity index (χ1v) is 11.3. The van der Waals surface area contributed by atoms with Gasteiger partial charge in [0.25, 0.3) is 11.8 Å². The lowest BCUT2D eigenvalue weighted by atomic mass is 10.1. The summed E-state index contributed by atoms with van der Waals surface area (Å²) in [5.74, 6) is -1.80. The molecule has 1 aromatic heterocycles. The summed E-state index contributed by atoms with van der Waals surface area (Å²) in [6.07, 6.45) is -2.75. The molecular formula is C26H24F3N3O5. The number of halogens is 3. The van der Waals surface area contributed by atoms with E-state index in [4.69, 9.17) is 14.3 Å². The number of nitrogens with zero attached hydrogens (tertiary/aromatic N) is 2. The maximum Gasteiger partial charge on any atom is 0.420 e. The summed E-state index contributed by atoms with van der Waals surface area (Å²) in [5.41, 5.74) is -1.72. The van der Waals surface area contributed by atoms with Crippen molar-refractivity contribution in [3.63, 3.8) is 0 Å². The van der Waals surface area contributed by atoms with E-state index in [1.807, 2.05) is 0 Å². The second-order valence-corrected chi connectivity index (χ2v) is 8.37. The standard InChI is InChI=1S/C26H24F3N3O5/c1-35-18-10-11-21(20(15-18)26(27,28)29)37-32(16-17-7-4-3-5-8-17)24(34)25(12-13-25)31-22(33)19-9-6-14-30-23(19)36-2/h3-11,14-15H,12-13,16H2,1-2H3,(H,31,33). The van der Waals surface area contributed by atoms with Gasteiger partial charge in [-0.2, -0.15) is 18.2 Å². The molecule has 0 atom stereocenters. The van der Waals surface area contributed by atoms with Crippen LogP contribution >= 0.6 is 0 Å². The number of hydrogen-bond donors (Lipinski definition) is 1. The summed E-state index contributed by atoms with van der Waals surface area (Å²) in [6.45, 7) is -0.156. The molecule has 194 valence electrons. The summed E-state index contributed by atoms with van der Waals surface area (Å²) in [6, 6.07) is 14.9. The van der Waals surface area contributed by atoms with E-state index in [0.717, 1.165) is 17.2 Å². The first kappa shape index (κ1) is 25.8. The van der Waals surface area contributed by atoms with Gasteiger partial charge in [-0.1, -0.05) is 30.3 Å². The van der Waals surface area contributed by atoms with Crippen molar-refractivity contribution >= 4 is 11.8 Å². The van der Waals surface area contributed by atoms with Gasteiger partial charge in [0.05, 0.1) is 20.8 Å². The predicted molar refractivity (Wildman–Crippen MR) is 126 cm³/mol. The number of methoxy groups -OCH3 is 2. The van der Waals surface area contributed by atoms with Gasteiger partial charge >= 0.3 is 6.18 Å². The topological polar surface area (TPSA) is 90.0 Å². The maximum absolute atomic E-state index is 13.8. The number of pyridine rings is 1. The summed E-state index contributed by atoms with van der Waals surface area (Å²) in [7, 11) is 2.61. The summed E-state index contributed by atoms with van der Waals surface area (Å²) in [5, 5.41) is 3.55. The Kier molecular flexibility index (Phi) is 7.23. The van der Waals surface area contributed by atoms with E-state index in [0.29, 0.717) is 5.56 Å². The molecule has 2 amide bonds. The highest BCUT2D eigenvalue weighted by Gasteiger charge is 2.54. The fraction of sp³-hybridized carbons (Fsp3) is 0.269. The van der Waals surface area contributed by atoms with Crippen LogP contribution in [-0.4, -0.2) is 41.6 Å². The second kappa shape index (κ2) is 10.4. The average molecular weight is 515 g/mol. The number of benzene rings is 2. The highest BCUT2D eigenvalue weighted by atomic mass is 19.4. The highest BCUT2D eigenvalue weighted by molar-refractivity contribution is 6.01. The summed E-state index contributed by atoms with van der Waals surface area (Å²) >= 11 is 0. The zero-order valence-corrected chi connectivity index (χ0v) is 20.0. The lowest BCUT2D eigenvalue weighted by molar-refractivity contribution is -0.167. The molecule has 1 aliphatic carbocycles. The van der Waals surface area contributed by atoms with Crippen LogP contribution in [0, 0.1) is 0 Å². The quantitative estimate of drug-likeness (QED) is 0.425. The third-order valence-corrected chi connectivity index (χ3v) is 5.82. The van der Waals surface area contributed by atoms with Crippen molar-refractivity contribution in [2.24, 2.45) is 0 Å². The van der Waals surface area contributed by atoms with Gasteiger partial charge in [-0.15, -0.1) is 0 Å². The first-order chi connectivity index (χ1) is 17.7. The van der Waals surface area contributed by atoms with Crippen LogP contribution in [0.4, 0.5) is 13.2 Å². The molecule has 0 radical (unpaired) electrons. The van der Waals surface area contributed by atoms with E-state index in [1.54, 1.807) is 36.4 Å². The van der Waals surface area contributed by atoms with Crippen LogP contribution in [0.2, 0.25) is 0 Å². The van der Waals surface area contributed by atoms with Gasteiger partial charge in [0.15, 0.2) is 5.75 Å². The summed E-state index contributed by atoms with van der Waals surface area (Å²) in [4.78, 5) is 36.3. The number of hydroxylamine groups is 2. The molecule has 4 rings (SSSR count). The van der Waals surface area contributed by atoms with E-state index >= 15 is 0 Å². The van der Waals surface area contributed by atoms with E-state index in [-0.39, 0.29) is 36.6 Å². The van der Waals surface area contributed by atoms with Gasteiger partial charge in [0.1, 0.15) is 22.4 Å². The van der Waals surface area contributed by atoms with Gasteiger partial charge in [-0.25, -0.2) is 4.98 Å². The predicted octanol–water partition coefficient (Wildman–Crippen LogP) is 4.40. The van der Waals surface area contributed by atoms with E-state index in [2.05, 4.69) is 10.3 Å². The molecule has 1 saturated carbocycles. The number of amides is 2. The molecule has 0 saturated heterocycles. The Morgan fingerprint density at radius 2 is 1.76 bits per heavy atom. The molecule has 1 heterocycles. The second-order valence-electron chi connectivity index (χ2n) is 8.37. The van der Waals surface area contributed by atoms with Gasteiger partial charge in [-0.3, -0.25) is 9.59 Å². The van der Waals surface area contributed by atoms with Crippen molar-refractivity contribution in [3.8, 4) is 17.4 Å². The lowest BCUT2D eigenvalue weighted by Gasteiger charge is -2.28. The fourth-order valence-electron chi connectivity index (χ4n) is 3.72. The van der Waals surface area contributed by atoms with Crippen LogP contribution in [0.5, 0.6) is 17.4 Å². The first-order valence-electron chi connectivity index (χ1n) is 11.3. The number of ether oxygens (including phenoxy) is 2. The van der Waals surface area contributed by atoms with Crippen LogP contribution in [0.15, 0.2) is 66.9 Å². The third-order valence-electron chi connectivity index (χ3n) is 5.82. The van der Waals surface area contributed by atoms with Crippen molar-refractivity contribution in [3.05, 3.63) is 83.6 Å². The van der Waals surface area contributed by atoms with Crippen molar-refractivity contribution in [2.45, 2.75) is 31.1 Å². The number of aromatic nitrogens is 1. The molecule has 8 nitrogen and oxygen atoms in total. The van der Waals surface area contributed by atoms with Crippen LogP contribution in [-0.2, 0) is 17.5 Å². The Morgan fingerprint density at radius 1 is 1.03 bits per heavy atom. The number of carbonyl (C=O) groups excluding carboxylic acids is 2. The molecule has 0 spiro atoms. The van der Waals surface area contributed by atoms with Crippen molar-refractivity contribution in [2.75, 3.05) is 14.2 Å². The molecule has 0 unspecified atom stereocenters. The largest absolute Gasteiger partial charge is 0.497 e. The van der Waals surface area contributed by atoms with Crippen molar-refractivity contribution < 1.29 is 37.1 Å². The molecule has 3 aromatic rings. The zero-order valence-electron chi connectivity index (χ0n) is 20.0. The molecule has 0 aliphatic heterocycles. The van der Waals surface area contributed by atoms with E-state index in [1.165, 1.54) is 32.5 Å². The highest BCUT2D eigenvalue weighted by Crippen LogP contribution is 2.41. The van der Waals surface area contributed by atoms with Crippen LogP contribution in [0.1, 0.15) is 34.3 Å². The molecule has 1 N–H and O–H groups in total. The number of rotatable bonds is 9. The summed E-state index contributed by atoms with van der Waals surface area (Å²) < 4.78 is 51.5. The molecular weight excluding hydrogens is 491 g/mol. The molecule has 37 heavy (non-hydrogen) atoms. The molecule has 0 bridgehead atoms. The number of alkyl halides is 3. The molecule has 2 aromatic carbocycles. The van der Waals surface area contributed by atoms with Crippen molar-refractivity contribution in [1.29, 1.82) is 0 Å². The smallest absolute Gasteiger partial charge is 0.420 e. The van der Waals surface area contributed by atoms with Gasteiger partial charge in [0.2, 0.25) is 5.88 Å². The SMILES string of the molecule is COc1ccc(ON(Cc2ccccc2)C(=O)C2(NC(=O)c3cccnc3OC)CC2)c(C(F)(F)F)c1. The van der Waals surface area contributed by atoms with Gasteiger partial charge in [-0.05, 0) is 48.7 Å². The van der Waals surface area contributed by atoms with Crippen LogP contribution in [0.25, 0.3) is 0 Å². The Bertz CT molecular complexity index is 1280. The molecule has 1 aliphatic rings. The number of hydrogen-bond acceptors (Lipinski definition) is 6. The van der Waals surface area contributed by atoms with Crippen LogP contribution in [0.3, 0.4) is 0 Å². The number of carbonyl (C=O) groups is 2. The normalized spacial score (nSPS) is 13.9. The van der Waals surface area contributed by atoms with Crippen LogP contribution < -0.4 is 19.6 Å². The minimum atomic E-state index is -4.77. The zero-order chi connectivity index (χ0) is 26.6. The van der Waals surface area contributed by atoms with Gasteiger partial charge < -0.3 is 19.6 Å². The Balaban J connectivity index is 1.65. The monoisotopic (exact) mass is 515 g/mol. The third kappa shape index (κ3) is 5.76. The minimum absolute atomic E-state index is 0.0167. The maximum atomic E-state index is 13.8. The Hall–Kier alpha value is -4.28. The molecule has 1 fully saturated rings. The fourth-order valence-corrected chi connectivity index (χ4v) is 3.72. The Labute approximate surface area is 210 Å². The lowest BCUT2D eigenvalue weighted by Crippen LogP contribution is -2.51. The average Bonchev–Trinajstić information content (AvgIpc) is 3.68.